The Morgan fingerprint density at radius 2 is 1.75 bits per heavy atom. The lowest BCUT2D eigenvalue weighted by atomic mass is 10.1. The Bertz CT molecular complexity index is 1040. The Balaban J connectivity index is 1.75. The first kappa shape index (κ1) is 19.3. The highest BCUT2D eigenvalue weighted by atomic mass is 16.5. The zero-order valence-corrected chi connectivity index (χ0v) is 15.7. The standard InChI is InChI=1S/C21H21N3O4/c1-23(2)21(27)20(15-8-4-3-5-9-15)28-19(26)12-13-24-17-11-7-6-10-16(17)18(25)14-22-24/h3-11,14,20H,12-13H2,1-2H3/t20-/m0/s1. The minimum Gasteiger partial charge on any atom is -0.447 e. The molecule has 1 atom stereocenters. The summed E-state index contributed by atoms with van der Waals surface area (Å²) in [4.78, 5) is 38.2. The van der Waals surface area contributed by atoms with Gasteiger partial charge in [0.05, 0.1) is 24.7 Å². The van der Waals surface area contributed by atoms with Gasteiger partial charge in [0.2, 0.25) is 11.5 Å². The number of aromatic nitrogens is 2. The Labute approximate surface area is 162 Å². The number of fused-ring (bicyclic) bond motifs is 1. The lowest BCUT2D eigenvalue weighted by Gasteiger charge is -2.21. The van der Waals surface area contributed by atoms with E-state index in [1.807, 2.05) is 6.07 Å². The van der Waals surface area contributed by atoms with Gasteiger partial charge in [0.1, 0.15) is 0 Å². The Morgan fingerprint density at radius 1 is 1.07 bits per heavy atom. The maximum Gasteiger partial charge on any atom is 0.308 e. The van der Waals surface area contributed by atoms with Crippen LogP contribution < -0.4 is 5.43 Å². The number of para-hydroxylation sites is 1. The largest absolute Gasteiger partial charge is 0.447 e. The lowest BCUT2D eigenvalue weighted by Crippen LogP contribution is -2.31. The number of esters is 1. The Hall–Kier alpha value is -3.48. The summed E-state index contributed by atoms with van der Waals surface area (Å²) in [5.41, 5.74) is 1.09. The molecule has 1 aromatic heterocycles. The van der Waals surface area contributed by atoms with Gasteiger partial charge in [0.15, 0.2) is 0 Å². The van der Waals surface area contributed by atoms with Gasteiger partial charge in [-0.15, -0.1) is 0 Å². The summed E-state index contributed by atoms with van der Waals surface area (Å²) in [7, 11) is 3.23. The average molecular weight is 379 g/mol. The predicted molar refractivity (Wildman–Crippen MR) is 105 cm³/mol. The number of likely N-dealkylation sites (N-methyl/N-ethyl adjacent to an activating group) is 1. The number of aryl methyl sites for hydroxylation is 1. The van der Waals surface area contributed by atoms with Gasteiger partial charge in [-0.1, -0.05) is 42.5 Å². The fourth-order valence-corrected chi connectivity index (χ4v) is 2.85. The molecule has 3 rings (SSSR count). The van der Waals surface area contributed by atoms with Crippen molar-refractivity contribution in [3.63, 3.8) is 0 Å². The highest BCUT2D eigenvalue weighted by Crippen LogP contribution is 2.20. The van der Waals surface area contributed by atoms with Crippen molar-refractivity contribution in [2.45, 2.75) is 19.1 Å². The summed E-state index contributed by atoms with van der Waals surface area (Å²) < 4.78 is 7.07. The van der Waals surface area contributed by atoms with Gasteiger partial charge in [-0.25, -0.2) is 0 Å². The minimum absolute atomic E-state index is 0.0178. The highest BCUT2D eigenvalue weighted by molar-refractivity contribution is 5.84. The van der Waals surface area contributed by atoms with E-state index in [1.165, 1.54) is 11.1 Å². The van der Waals surface area contributed by atoms with Crippen LogP contribution in [0.5, 0.6) is 0 Å². The zero-order valence-electron chi connectivity index (χ0n) is 15.7. The van der Waals surface area contributed by atoms with Gasteiger partial charge < -0.3 is 9.64 Å². The molecule has 3 aromatic rings. The third-order valence-corrected chi connectivity index (χ3v) is 4.31. The number of amides is 1. The molecule has 0 spiro atoms. The van der Waals surface area contributed by atoms with E-state index in [1.54, 1.807) is 67.3 Å². The number of ether oxygens (including phenoxy) is 1. The predicted octanol–water partition coefficient (Wildman–Crippen LogP) is 2.16. The van der Waals surface area contributed by atoms with E-state index in [2.05, 4.69) is 5.10 Å². The van der Waals surface area contributed by atoms with E-state index >= 15 is 0 Å². The van der Waals surface area contributed by atoms with Crippen molar-refractivity contribution in [1.82, 2.24) is 14.7 Å². The van der Waals surface area contributed by atoms with Gasteiger partial charge in [-0.2, -0.15) is 5.10 Å². The van der Waals surface area contributed by atoms with E-state index < -0.39 is 12.1 Å². The molecule has 0 saturated heterocycles. The lowest BCUT2D eigenvalue weighted by molar-refractivity contribution is -0.160. The van der Waals surface area contributed by atoms with Crippen LogP contribution in [0, 0.1) is 0 Å². The molecule has 7 heteroatoms. The number of hydrogen-bond acceptors (Lipinski definition) is 5. The van der Waals surface area contributed by atoms with E-state index in [4.69, 9.17) is 4.74 Å². The third kappa shape index (κ3) is 4.25. The average Bonchev–Trinajstić information content (AvgIpc) is 2.72. The normalized spacial score (nSPS) is 11.8. The second kappa shape index (κ2) is 8.47. The van der Waals surface area contributed by atoms with Crippen molar-refractivity contribution < 1.29 is 14.3 Å². The van der Waals surface area contributed by atoms with Crippen LogP contribution in [0.2, 0.25) is 0 Å². The van der Waals surface area contributed by atoms with E-state index in [9.17, 15) is 14.4 Å². The molecule has 0 aliphatic heterocycles. The van der Waals surface area contributed by atoms with Crippen LogP contribution in [0.4, 0.5) is 0 Å². The summed E-state index contributed by atoms with van der Waals surface area (Å²) >= 11 is 0. The monoisotopic (exact) mass is 379 g/mol. The molecule has 28 heavy (non-hydrogen) atoms. The van der Waals surface area contributed by atoms with Gasteiger partial charge in [-0.3, -0.25) is 19.1 Å². The van der Waals surface area contributed by atoms with E-state index in [0.29, 0.717) is 16.5 Å². The first-order valence-electron chi connectivity index (χ1n) is 8.88. The molecule has 1 amide bonds. The van der Waals surface area contributed by atoms with Crippen LogP contribution in [-0.2, 0) is 20.9 Å². The first-order valence-corrected chi connectivity index (χ1v) is 8.88. The maximum absolute atomic E-state index is 12.5. The first-order chi connectivity index (χ1) is 13.5. The number of hydrogen-bond donors (Lipinski definition) is 0. The zero-order chi connectivity index (χ0) is 20.1. The molecule has 0 aliphatic carbocycles. The van der Waals surface area contributed by atoms with Gasteiger partial charge in [0, 0.05) is 25.0 Å². The Morgan fingerprint density at radius 3 is 2.46 bits per heavy atom. The molecule has 0 N–H and O–H groups in total. The quantitative estimate of drug-likeness (QED) is 0.613. The number of benzene rings is 2. The molecule has 0 fully saturated rings. The maximum atomic E-state index is 12.5. The minimum atomic E-state index is -0.998. The van der Waals surface area contributed by atoms with Crippen LogP contribution >= 0.6 is 0 Å². The third-order valence-electron chi connectivity index (χ3n) is 4.31. The van der Waals surface area contributed by atoms with Gasteiger partial charge in [-0.05, 0) is 12.1 Å². The highest BCUT2D eigenvalue weighted by Gasteiger charge is 2.26. The molecular weight excluding hydrogens is 358 g/mol. The fourth-order valence-electron chi connectivity index (χ4n) is 2.85. The molecule has 1 heterocycles. The van der Waals surface area contributed by atoms with Crippen molar-refractivity contribution in [2.24, 2.45) is 0 Å². The number of carbonyl (C=O) groups excluding carboxylic acids is 2. The van der Waals surface area contributed by atoms with Crippen molar-refractivity contribution in [3.05, 3.63) is 76.6 Å². The molecule has 7 nitrogen and oxygen atoms in total. The van der Waals surface area contributed by atoms with Crippen molar-refractivity contribution in [2.75, 3.05) is 14.1 Å². The molecule has 0 radical (unpaired) electrons. The van der Waals surface area contributed by atoms with Crippen LogP contribution in [-0.4, -0.2) is 40.7 Å². The summed E-state index contributed by atoms with van der Waals surface area (Å²) in [6, 6.07) is 16.0. The fraction of sp³-hybridized carbons (Fsp3) is 0.238. The molecule has 0 bridgehead atoms. The SMILES string of the molecule is CN(C)C(=O)[C@@H](OC(=O)CCn1ncc(=O)c2ccccc21)c1ccccc1. The van der Waals surface area contributed by atoms with Crippen molar-refractivity contribution >= 4 is 22.8 Å². The Kier molecular flexibility index (Phi) is 5.84. The summed E-state index contributed by atoms with van der Waals surface area (Å²) in [6.07, 6.45) is 0.252. The summed E-state index contributed by atoms with van der Waals surface area (Å²) in [6.45, 7) is 0.233. The molecule has 2 aromatic carbocycles. The summed E-state index contributed by atoms with van der Waals surface area (Å²) in [5.74, 6) is -0.833. The van der Waals surface area contributed by atoms with E-state index in [-0.39, 0.29) is 24.3 Å². The number of rotatable bonds is 6. The van der Waals surface area contributed by atoms with Crippen LogP contribution in [0.15, 0.2) is 65.6 Å². The van der Waals surface area contributed by atoms with Crippen molar-refractivity contribution in [1.29, 1.82) is 0 Å². The molecule has 0 saturated carbocycles. The summed E-state index contributed by atoms with van der Waals surface area (Å²) in [5, 5.41) is 4.64. The topological polar surface area (TPSA) is 81.5 Å². The van der Waals surface area contributed by atoms with Crippen LogP contribution in [0.3, 0.4) is 0 Å². The van der Waals surface area contributed by atoms with Gasteiger partial charge in [0.25, 0.3) is 5.91 Å². The smallest absolute Gasteiger partial charge is 0.308 e. The van der Waals surface area contributed by atoms with Crippen LogP contribution in [0.1, 0.15) is 18.1 Å². The molecule has 0 aliphatic rings. The molecule has 144 valence electrons. The van der Waals surface area contributed by atoms with Gasteiger partial charge >= 0.3 is 5.97 Å². The second-order valence-corrected chi connectivity index (χ2v) is 6.51. The molecule has 0 unspecified atom stereocenters. The number of nitrogens with zero attached hydrogens (tertiary/aromatic N) is 3. The van der Waals surface area contributed by atoms with E-state index in [0.717, 1.165) is 0 Å². The van der Waals surface area contributed by atoms with Crippen molar-refractivity contribution in [3.8, 4) is 0 Å². The molecular formula is C21H21N3O4. The number of carbonyl (C=O) groups is 2. The van der Waals surface area contributed by atoms with Crippen LogP contribution in [0.25, 0.3) is 10.9 Å². The second-order valence-electron chi connectivity index (χ2n) is 6.51.